The van der Waals surface area contributed by atoms with Crippen LogP contribution in [-0.2, 0) is 5.41 Å². The van der Waals surface area contributed by atoms with Crippen molar-refractivity contribution >= 4 is 116 Å². The van der Waals surface area contributed by atoms with Crippen molar-refractivity contribution in [1.82, 2.24) is 0 Å². The van der Waals surface area contributed by atoms with Gasteiger partial charge in [0.1, 0.15) is 0 Å². The van der Waals surface area contributed by atoms with Gasteiger partial charge in [-0.1, -0.05) is 223 Å². The van der Waals surface area contributed by atoms with Crippen molar-refractivity contribution in [2.45, 2.75) is 19.3 Å². The zero-order chi connectivity index (χ0) is 55.9. The molecule has 0 aromatic heterocycles. The van der Waals surface area contributed by atoms with Gasteiger partial charge in [0.05, 0.1) is 16.8 Å². The van der Waals surface area contributed by atoms with Crippen molar-refractivity contribution in [1.29, 1.82) is 0 Å². The zero-order valence-electron chi connectivity index (χ0n) is 46.8. The molecular weight excluding hydrogens is 1010 g/mol. The average molecular weight is 1070 g/mol. The Morgan fingerprint density at radius 2 is 0.571 bits per heavy atom. The molecule has 3 heteroatoms. The minimum Gasteiger partial charge on any atom is -0.310 e. The fourth-order valence-corrected chi connectivity index (χ4v) is 14.0. The number of fused-ring (bicyclic) bond motifs is 14. The number of rotatable bonds is 9. The maximum Gasteiger partial charge on any atom is 0.0742 e. The normalized spacial score (nSPS) is 12.7. The zero-order valence-corrected chi connectivity index (χ0v) is 46.8. The van der Waals surface area contributed by atoms with Gasteiger partial charge in [-0.25, -0.2) is 0 Å². The molecule has 0 fully saturated rings. The molecule has 0 radical (unpaired) electrons. The molecule has 0 saturated carbocycles. The fraction of sp³-hybridized carbons (Fsp3) is 0.0370. The van der Waals surface area contributed by atoms with Crippen LogP contribution in [0.4, 0.5) is 51.2 Å². The third-order valence-corrected chi connectivity index (χ3v) is 17.8. The second kappa shape index (κ2) is 19.8. The van der Waals surface area contributed by atoms with Gasteiger partial charge >= 0.3 is 0 Å². The predicted octanol–water partition coefficient (Wildman–Crippen LogP) is 22.3. The van der Waals surface area contributed by atoms with Crippen molar-refractivity contribution in [2.24, 2.45) is 0 Å². The standard InChI is InChI=1S/C81H57N3/c1-54-33-40-62(41-34-54)84-79-32-18-17-31-77(79)81(78-51-55(2)35-50-80(78)84,56-36-42-60(43-37-56)82(58-19-5-3-6-20-58)63-46-48-73-69-27-11-9-23-65(69)67-25-13-15-29-71(67)75(73)52-63)57-38-44-61(45-39-57)83(59-21-7-4-8-22-59)64-47-49-74-70-28-12-10-24-66(70)68-26-14-16-30-72(68)76(74)53-64/h3-53H,1-2H3. The summed E-state index contributed by atoms with van der Waals surface area (Å²) in [5.74, 6) is 0. The monoisotopic (exact) mass is 1070 g/mol. The summed E-state index contributed by atoms with van der Waals surface area (Å²) in [5.41, 5.74) is 16.4. The maximum atomic E-state index is 2.47. The summed E-state index contributed by atoms with van der Waals surface area (Å²) in [5, 5.41) is 15.1. The van der Waals surface area contributed by atoms with Crippen molar-refractivity contribution in [3.05, 3.63) is 343 Å². The number of benzene rings is 15. The molecule has 84 heavy (non-hydrogen) atoms. The van der Waals surface area contributed by atoms with E-state index >= 15 is 0 Å². The van der Waals surface area contributed by atoms with Crippen molar-refractivity contribution in [2.75, 3.05) is 14.7 Å². The average Bonchev–Trinajstić information content (AvgIpc) is 1.99. The molecule has 0 spiro atoms. The molecule has 3 nitrogen and oxygen atoms in total. The molecule has 0 saturated heterocycles. The summed E-state index contributed by atoms with van der Waals surface area (Å²) in [6.45, 7) is 4.39. The number of aryl methyl sites for hydroxylation is 2. The molecule has 16 rings (SSSR count). The molecule has 0 unspecified atom stereocenters. The first-order valence-electron chi connectivity index (χ1n) is 29.1. The lowest BCUT2D eigenvalue weighted by molar-refractivity contribution is 0.730. The second-order valence-corrected chi connectivity index (χ2v) is 22.5. The van der Waals surface area contributed by atoms with Crippen molar-refractivity contribution < 1.29 is 0 Å². The first-order valence-corrected chi connectivity index (χ1v) is 29.1. The molecule has 0 N–H and O–H groups in total. The fourth-order valence-electron chi connectivity index (χ4n) is 14.0. The van der Waals surface area contributed by atoms with E-state index in [0.717, 1.165) is 51.2 Å². The summed E-state index contributed by atoms with van der Waals surface area (Å²) in [6.07, 6.45) is 0. The first kappa shape index (κ1) is 49.1. The van der Waals surface area contributed by atoms with Crippen LogP contribution in [0.1, 0.15) is 33.4 Å². The molecule has 1 heterocycles. The number of para-hydroxylation sites is 3. The lowest BCUT2D eigenvalue weighted by Gasteiger charge is -2.47. The lowest BCUT2D eigenvalue weighted by Crippen LogP contribution is -2.38. The number of hydrogen-bond acceptors (Lipinski definition) is 3. The van der Waals surface area contributed by atoms with Crippen LogP contribution < -0.4 is 14.7 Å². The van der Waals surface area contributed by atoms with E-state index in [0.29, 0.717) is 0 Å². The van der Waals surface area contributed by atoms with E-state index in [1.807, 2.05) is 0 Å². The summed E-state index contributed by atoms with van der Waals surface area (Å²) in [7, 11) is 0. The third kappa shape index (κ3) is 7.73. The van der Waals surface area contributed by atoms with Gasteiger partial charge < -0.3 is 14.7 Å². The Hall–Kier alpha value is -10.7. The molecule has 15 aromatic rings. The topological polar surface area (TPSA) is 9.72 Å². The molecule has 0 atom stereocenters. The SMILES string of the molecule is Cc1ccc(N2c3ccccc3C(c3ccc(N(c4ccccc4)c4ccc5c6ccccc6c6ccccc6c5c4)cc3)(c3ccc(N(c4ccccc4)c4ccc5c6ccccc6c6ccccc6c5c4)cc3)c3cc(C)ccc32)cc1. The summed E-state index contributed by atoms with van der Waals surface area (Å²) >= 11 is 0. The molecule has 0 bridgehead atoms. The Morgan fingerprint density at radius 1 is 0.238 bits per heavy atom. The van der Waals surface area contributed by atoms with Crippen LogP contribution >= 0.6 is 0 Å². The van der Waals surface area contributed by atoms with Gasteiger partial charge in [0.2, 0.25) is 0 Å². The van der Waals surface area contributed by atoms with Gasteiger partial charge in [-0.05, 0) is 198 Å². The van der Waals surface area contributed by atoms with Crippen molar-refractivity contribution in [3.8, 4) is 0 Å². The van der Waals surface area contributed by atoms with Crippen LogP contribution in [0.3, 0.4) is 0 Å². The van der Waals surface area contributed by atoms with E-state index in [2.05, 4.69) is 338 Å². The van der Waals surface area contributed by atoms with Gasteiger partial charge in [0.15, 0.2) is 0 Å². The van der Waals surface area contributed by atoms with Crippen LogP contribution in [0.5, 0.6) is 0 Å². The van der Waals surface area contributed by atoms with E-state index in [4.69, 9.17) is 0 Å². The van der Waals surface area contributed by atoms with E-state index in [-0.39, 0.29) is 0 Å². The number of anilines is 9. The second-order valence-electron chi connectivity index (χ2n) is 22.5. The summed E-state index contributed by atoms with van der Waals surface area (Å²) in [6, 6.07) is 115. The van der Waals surface area contributed by atoms with Gasteiger partial charge in [0.25, 0.3) is 0 Å². The maximum absolute atomic E-state index is 2.47. The minimum atomic E-state index is -0.753. The highest BCUT2D eigenvalue weighted by atomic mass is 15.2. The molecule has 396 valence electrons. The van der Waals surface area contributed by atoms with Crippen LogP contribution in [0.25, 0.3) is 64.6 Å². The Labute approximate surface area is 489 Å². The lowest BCUT2D eigenvalue weighted by atomic mass is 9.62. The van der Waals surface area contributed by atoms with Crippen molar-refractivity contribution in [3.63, 3.8) is 0 Å². The number of hydrogen-bond donors (Lipinski definition) is 0. The van der Waals surface area contributed by atoms with E-state index in [9.17, 15) is 0 Å². The summed E-state index contributed by atoms with van der Waals surface area (Å²) in [4.78, 5) is 7.30. The van der Waals surface area contributed by atoms with Crippen LogP contribution in [0.2, 0.25) is 0 Å². The highest BCUT2D eigenvalue weighted by molar-refractivity contribution is 6.27. The third-order valence-electron chi connectivity index (χ3n) is 17.8. The summed E-state index contributed by atoms with van der Waals surface area (Å²) < 4.78 is 0. The molecule has 0 aliphatic carbocycles. The molecule has 1 aliphatic heterocycles. The van der Waals surface area contributed by atoms with Crippen LogP contribution in [-0.4, -0.2) is 0 Å². The predicted molar refractivity (Wildman–Crippen MR) is 357 cm³/mol. The molecular formula is C81H57N3. The molecule has 15 aromatic carbocycles. The first-order chi connectivity index (χ1) is 41.5. The Balaban J connectivity index is 0.900. The van der Waals surface area contributed by atoms with E-state index in [1.54, 1.807) is 0 Å². The molecule has 1 aliphatic rings. The minimum absolute atomic E-state index is 0.753. The number of nitrogens with zero attached hydrogens (tertiary/aromatic N) is 3. The van der Waals surface area contributed by atoms with Crippen LogP contribution in [0.15, 0.2) is 309 Å². The van der Waals surface area contributed by atoms with Gasteiger partial charge in [-0.2, -0.15) is 0 Å². The largest absolute Gasteiger partial charge is 0.310 e. The molecule has 0 amide bonds. The quantitative estimate of drug-likeness (QED) is 0.133. The van der Waals surface area contributed by atoms with E-state index < -0.39 is 5.41 Å². The highest BCUT2D eigenvalue weighted by Crippen LogP contribution is 2.59. The van der Waals surface area contributed by atoms with Gasteiger partial charge in [0, 0.05) is 39.8 Å². The Kier molecular flexibility index (Phi) is 11.6. The smallest absolute Gasteiger partial charge is 0.0742 e. The highest BCUT2D eigenvalue weighted by Gasteiger charge is 2.47. The van der Waals surface area contributed by atoms with Crippen LogP contribution in [0, 0.1) is 13.8 Å². The Bertz CT molecular complexity index is 4720. The van der Waals surface area contributed by atoms with Gasteiger partial charge in [-0.3, -0.25) is 0 Å². The van der Waals surface area contributed by atoms with Gasteiger partial charge in [-0.15, -0.1) is 0 Å². The van der Waals surface area contributed by atoms with E-state index in [1.165, 1.54) is 98.0 Å². The Morgan fingerprint density at radius 3 is 1.01 bits per heavy atom.